The zero-order valence-electron chi connectivity index (χ0n) is 15.4. The molecule has 1 atom stereocenters. The van der Waals surface area contributed by atoms with Gasteiger partial charge >= 0.3 is 11.9 Å². The number of rotatable bonds is 5. The van der Waals surface area contributed by atoms with E-state index in [4.69, 9.17) is 9.47 Å². The van der Waals surface area contributed by atoms with Crippen LogP contribution in [0.5, 0.6) is 0 Å². The number of esters is 2. The molecule has 0 aliphatic carbocycles. The lowest BCUT2D eigenvalue weighted by Gasteiger charge is -2.17. The Kier molecular flexibility index (Phi) is 6.14. The molecule has 0 bridgehead atoms. The first kappa shape index (κ1) is 19.6. The van der Waals surface area contributed by atoms with Crippen LogP contribution in [-0.4, -0.2) is 18.7 Å². The van der Waals surface area contributed by atoms with Crippen LogP contribution in [0.2, 0.25) is 0 Å². The SMILES string of the molecule is CC(C(=O)OCOC(=O)C(C)(C)C)c1ccc(-c2ccccc2)c(F)c1. The molecule has 0 aliphatic rings. The highest BCUT2D eigenvalue weighted by atomic mass is 19.1. The number of benzene rings is 2. The summed E-state index contributed by atoms with van der Waals surface area (Å²) < 4.78 is 24.3. The minimum absolute atomic E-state index is 0.410. The first-order valence-corrected chi connectivity index (χ1v) is 8.39. The van der Waals surface area contributed by atoms with Gasteiger partial charge in [0.2, 0.25) is 6.79 Å². The molecular formula is C21H23FO4. The molecule has 2 aromatic rings. The summed E-state index contributed by atoms with van der Waals surface area (Å²) in [4.78, 5) is 23.7. The maximum Gasteiger partial charge on any atom is 0.316 e. The standard InChI is InChI=1S/C21H23FO4/c1-14(19(23)25-13-26-20(24)21(2,3)4)16-10-11-17(18(22)12-16)15-8-6-5-7-9-15/h5-12,14H,13H2,1-4H3. The third kappa shape index (κ3) is 4.91. The van der Waals surface area contributed by atoms with E-state index < -0.39 is 35.9 Å². The smallest absolute Gasteiger partial charge is 0.316 e. The van der Waals surface area contributed by atoms with Gasteiger partial charge in [0.25, 0.3) is 0 Å². The molecule has 0 fully saturated rings. The van der Waals surface area contributed by atoms with Crippen molar-refractivity contribution < 1.29 is 23.5 Å². The van der Waals surface area contributed by atoms with Crippen LogP contribution >= 0.6 is 0 Å². The van der Waals surface area contributed by atoms with Crippen LogP contribution in [0.25, 0.3) is 11.1 Å². The highest BCUT2D eigenvalue weighted by molar-refractivity contribution is 5.79. The molecule has 2 rings (SSSR count). The maximum absolute atomic E-state index is 14.4. The second-order valence-electron chi connectivity index (χ2n) is 7.09. The number of ether oxygens (including phenoxy) is 2. The van der Waals surface area contributed by atoms with Gasteiger partial charge in [-0.1, -0.05) is 42.5 Å². The fourth-order valence-electron chi connectivity index (χ4n) is 2.27. The Bertz CT molecular complexity index is 778. The Hall–Kier alpha value is -2.69. The summed E-state index contributed by atoms with van der Waals surface area (Å²) in [6.07, 6.45) is 0. The number of hydrogen-bond donors (Lipinski definition) is 0. The monoisotopic (exact) mass is 358 g/mol. The fraction of sp³-hybridized carbons (Fsp3) is 0.333. The topological polar surface area (TPSA) is 52.6 Å². The third-order valence-electron chi connectivity index (χ3n) is 3.94. The molecular weight excluding hydrogens is 335 g/mol. The van der Waals surface area contributed by atoms with Crippen LogP contribution in [0.1, 0.15) is 39.2 Å². The highest BCUT2D eigenvalue weighted by Gasteiger charge is 2.24. The lowest BCUT2D eigenvalue weighted by Crippen LogP contribution is -2.25. The lowest BCUT2D eigenvalue weighted by molar-refractivity contribution is -0.173. The fourth-order valence-corrected chi connectivity index (χ4v) is 2.27. The number of hydrogen-bond acceptors (Lipinski definition) is 4. The van der Waals surface area contributed by atoms with Gasteiger partial charge in [-0.15, -0.1) is 0 Å². The zero-order chi connectivity index (χ0) is 19.3. The summed E-state index contributed by atoms with van der Waals surface area (Å²) in [6.45, 7) is 6.28. The molecule has 4 nitrogen and oxygen atoms in total. The van der Waals surface area contributed by atoms with Crippen molar-refractivity contribution in [2.24, 2.45) is 5.41 Å². The van der Waals surface area contributed by atoms with Crippen LogP contribution in [0.4, 0.5) is 4.39 Å². The van der Waals surface area contributed by atoms with Gasteiger partial charge in [-0.3, -0.25) is 9.59 Å². The van der Waals surface area contributed by atoms with Crippen molar-refractivity contribution in [2.75, 3.05) is 6.79 Å². The van der Waals surface area contributed by atoms with Crippen molar-refractivity contribution in [3.05, 3.63) is 59.9 Å². The van der Waals surface area contributed by atoms with Crippen molar-refractivity contribution >= 4 is 11.9 Å². The predicted molar refractivity (Wildman–Crippen MR) is 96.8 cm³/mol. The molecule has 138 valence electrons. The molecule has 0 spiro atoms. The molecule has 0 aromatic heterocycles. The Morgan fingerprint density at radius 1 is 1.04 bits per heavy atom. The van der Waals surface area contributed by atoms with Gasteiger partial charge in [-0.05, 0) is 44.9 Å². The normalized spacial score (nSPS) is 12.3. The molecule has 0 aliphatic heterocycles. The molecule has 0 saturated heterocycles. The van der Waals surface area contributed by atoms with Gasteiger partial charge in [-0.2, -0.15) is 0 Å². The van der Waals surface area contributed by atoms with E-state index in [0.29, 0.717) is 11.1 Å². The number of carbonyl (C=O) groups is 2. The minimum atomic E-state index is -0.678. The van der Waals surface area contributed by atoms with Gasteiger partial charge in [0.05, 0.1) is 11.3 Å². The summed E-state index contributed by atoms with van der Waals surface area (Å²) in [5.41, 5.74) is 1.05. The van der Waals surface area contributed by atoms with Crippen molar-refractivity contribution in [3.8, 4) is 11.1 Å². The van der Waals surface area contributed by atoms with E-state index >= 15 is 0 Å². The van der Waals surface area contributed by atoms with Gasteiger partial charge in [0.1, 0.15) is 5.82 Å². The van der Waals surface area contributed by atoms with E-state index in [0.717, 1.165) is 5.56 Å². The van der Waals surface area contributed by atoms with Crippen LogP contribution < -0.4 is 0 Å². The van der Waals surface area contributed by atoms with E-state index in [1.165, 1.54) is 6.07 Å². The molecule has 0 N–H and O–H groups in total. The van der Waals surface area contributed by atoms with Gasteiger partial charge in [-0.25, -0.2) is 4.39 Å². The van der Waals surface area contributed by atoms with E-state index in [1.807, 2.05) is 30.3 Å². The lowest BCUT2D eigenvalue weighted by atomic mass is 9.97. The molecule has 2 aromatic carbocycles. The van der Waals surface area contributed by atoms with E-state index in [2.05, 4.69) is 0 Å². The van der Waals surface area contributed by atoms with E-state index in [9.17, 15) is 14.0 Å². The van der Waals surface area contributed by atoms with Gasteiger partial charge in [0, 0.05) is 5.56 Å². The van der Waals surface area contributed by atoms with Gasteiger partial charge in [0.15, 0.2) is 0 Å². The quantitative estimate of drug-likeness (QED) is 0.575. The minimum Gasteiger partial charge on any atom is -0.427 e. The van der Waals surface area contributed by atoms with Crippen LogP contribution in [0.3, 0.4) is 0 Å². The highest BCUT2D eigenvalue weighted by Crippen LogP contribution is 2.26. The molecule has 0 heterocycles. The van der Waals surface area contributed by atoms with Crippen LogP contribution in [-0.2, 0) is 19.1 Å². The number of halogens is 1. The first-order chi connectivity index (χ1) is 12.2. The summed E-state index contributed by atoms with van der Waals surface area (Å²) >= 11 is 0. The zero-order valence-corrected chi connectivity index (χ0v) is 15.4. The van der Waals surface area contributed by atoms with Crippen LogP contribution in [0.15, 0.2) is 48.5 Å². The first-order valence-electron chi connectivity index (χ1n) is 8.39. The van der Waals surface area contributed by atoms with E-state index in [1.54, 1.807) is 39.8 Å². The molecule has 1 unspecified atom stereocenters. The maximum atomic E-state index is 14.4. The Morgan fingerprint density at radius 3 is 2.27 bits per heavy atom. The Morgan fingerprint density at radius 2 is 1.69 bits per heavy atom. The predicted octanol–water partition coefficient (Wildman–Crippen LogP) is 4.69. The Balaban J connectivity index is 2.01. The average Bonchev–Trinajstić information content (AvgIpc) is 2.60. The third-order valence-corrected chi connectivity index (χ3v) is 3.94. The largest absolute Gasteiger partial charge is 0.427 e. The molecule has 0 saturated carbocycles. The summed E-state index contributed by atoms with van der Waals surface area (Å²) in [6, 6.07) is 13.8. The van der Waals surface area contributed by atoms with Crippen molar-refractivity contribution in [3.63, 3.8) is 0 Å². The average molecular weight is 358 g/mol. The second kappa shape index (κ2) is 8.13. The van der Waals surface area contributed by atoms with Crippen molar-refractivity contribution in [1.82, 2.24) is 0 Å². The molecule has 0 amide bonds. The number of carbonyl (C=O) groups excluding carboxylic acids is 2. The summed E-state index contributed by atoms with van der Waals surface area (Å²) in [5.74, 6) is -2.13. The van der Waals surface area contributed by atoms with E-state index in [-0.39, 0.29) is 0 Å². The summed E-state index contributed by atoms with van der Waals surface area (Å²) in [7, 11) is 0. The second-order valence-corrected chi connectivity index (χ2v) is 7.09. The molecule has 26 heavy (non-hydrogen) atoms. The Labute approximate surface area is 152 Å². The molecule has 5 heteroatoms. The van der Waals surface area contributed by atoms with Gasteiger partial charge < -0.3 is 9.47 Å². The summed E-state index contributed by atoms with van der Waals surface area (Å²) in [5, 5.41) is 0. The van der Waals surface area contributed by atoms with Crippen LogP contribution in [0, 0.1) is 11.2 Å². The van der Waals surface area contributed by atoms with Crippen molar-refractivity contribution in [2.45, 2.75) is 33.6 Å². The molecule has 0 radical (unpaired) electrons. The van der Waals surface area contributed by atoms with Crippen molar-refractivity contribution in [1.29, 1.82) is 0 Å².